The van der Waals surface area contributed by atoms with E-state index in [1.165, 1.54) is 214 Å². The van der Waals surface area contributed by atoms with Crippen LogP contribution in [0.2, 0.25) is 0 Å². The first kappa shape index (κ1) is 64.0. The van der Waals surface area contributed by atoms with Gasteiger partial charge in [-0.2, -0.15) is 0 Å². The van der Waals surface area contributed by atoms with E-state index in [2.05, 4.69) is 393 Å². The summed E-state index contributed by atoms with van der Waals surface area (Å²) in [6, 6.07) is 131. The normalized spacial score (nSPS) is 13.9. The fourth-order valence-corrected chi connectivity index (χ4v) is 20.5. The standard InChI is InChI=1S/C55H36O.C54H40/c1-55(2)47-21-11-20-38(52(47)45-29-26-34-13-4-6-15-40(34)54(45)55)35-22-24-36(25-23-35)50-41-16-7-9-18-43(41)51(44-19-10-8-17-42(44)50)37-28-30-48-46(32-37)53-39-14-5-3-12-33(39)27-31-49(53)56-48;1-53(2)46-22-12-11-16-39(46)40-30-29-36(32-48(40)53)50-43-19-9-7-17-41(43)49(42-18-8-10-20-44(42)50)35-26-24-34(25-27-35)37-21-13-23-47-51(37)45-31-28-33-14-5-6-15-38(33)52(45)54(47,3)4/h3-32H,1-2H3;5-32H,1-4H3. The van der Waals surface area contributed by atoms with Gasteiger partial charge in [-0.3, -0.25) is 0 Å². The molecule has 23 rings (SSSR count). The highest BCUT2D eigenvalue weighted by Gasteiger charge is 2.41. The minimum absolute atomic E-state index is 0.0558. The zero-order valence-electron chi connectivity index (χ0n) is 62.4. The van der Waals surface area contributed by atoms with Crippen molar-refractivity contribution in [2.45, 2.75) is 57.8 Å². The van der Waals surface area contributed by atoms with Crippen molar-refractivity contribution in [1.82, 2.24) is 0 Å². The first-order chi connectivity index (χ1) is 53.9. The topological polar surface area (TPSA) is 13.1 Å². The Balaban J connectivity index is 0.000000136. The van der Waals surface area contributed by atoms with Crippen molar-refractivity contribution in [2.24, 2.45) is 0 Å². The molecule has 0 fully saturated rings. The number of furan rings is 1. The summed E-state index contributed by atoms with van der Waals surface area (Å²) in [5.41, 5.74) is 33.4. The molecule has 0 saturated carbocycles. The van der Waals surface area contributed by atoms with E-state index in [9.17, 15) is 0 Å². The molecule has 110 heavy (non-hydrogen) atoms. The molecular formula is C109H76O. The third-order valence-corrected chi connectivity index (χ3v) is 25.5. The second-order valence-electron chi connectivity index (χ2n) is 32.4. The van der Waals surface area contributed by atoms with E-state index in [-0.39, 0.29) is 16.2 Å². The molecule has 0 spiro atoms. The van der Waals surface area contributed by atoms with Crippen LogP contribution < -0.4 is 0 Å². The highest BCUT2D eigenvalue weighted by atomic mass is 16.3. The van der Waals surface area contributed by atoms with Gasteiger partial charge in [0.05, 0.1) is 0 Å². The van der Waals surface area contributed by atoms with E-state index in [4.69, 9.17) is 4.42 Å². The highest BCUT2D eigenvalue weighted by Crippen LogP contribution is 2.58. The van der Waals surface area contributed by atoms with Crippen LogP contribution in [0.3, 0.4) is 0 Å². The lowest BCUT2D eigenvalue weighted by atomic mass is 9.80. The Labute approximate surface area is 640 Å². The molecule has 0 radical (unpaired) electrons. The van der Waals surface area contributed by atoms with Crippen molar-refractivity contribution in [2.75, 3.05) is 0 Å². The molecule has 0 unspecified atom stereocenters. The lowest BCUT2D eigenvalue weighted by Crippen LogP contribution is -2.15. The number of fused-ring (bicyclic) bond motifs is 22. The third-order valence-electron chi connectivity index (χ3n) is 25.5. The van der Waals surface area contributed by atoms with Gasteiger partial charge in [0.15, 0.2) is 0 Å². The number of benzene rings is 19. The summed E-state index contributed by atoms with van der Waals surface area (Å²) >= 11 is 0. The molecule has 1 aromatic heterocycles. The van der Waals surface area contributed by atoms with Crippen molar-refractivity contribution in [1.29, 1.82) is 0 Å². The Bertz CT molecular complexity index is 7220. The van der Waals surface area contributed by atoms with Crippen molar-refractivity contribution >= 4 is 97.3 Å². The molecule has 0 N–H and O–H groups in total. The van der Waals surface area contributed by atoms with Gasteiger partial charge in [-0.25, -0.2) is 0 Å². The predicted octanol–water partition coefficient (Wildman–Crippen LogP) is 30.3. The SMILES string of the molecule is CC1(C)c2cccc(-c3ccc(-c4c5ccccc5c(-c5ccc6oc7ccc8ccccc8c7c6c5)c5ccccc45)cc3)c2-c2ccc3ccccc3c21.CC1(C)c2ccccc2-c2ccc(-c3c4ccccc4c(-c4ccc(-c5cccc6c5-c5ccc7ccccc7c5C6(C)C)cc4)c4ccccc34)cc21. The maximum Gasteiger partial charge on any atom is 0.136 e. The second-order valence-corrected chi connectivity index (χ2v) is 32.4. The van der Waals surface area contributed by atoms with Gasteiger partial charge < -0.3 is 4.42 Å². The Morgan fingerprint density at radius 3 is 0.973 bits per heavy atom. The highest BCUT2D eigenvalue weighted by molar-refractivity contribution is 6.25. The maximum atomic E-state index is 6.41. The van der Waals surface area contributed by atoms with Gasteiger partial charge in [0, 0.05) is 27.0 Å². The second kappa shape index (κ2) is 23.9. The van der Waals surface area contributed by atoms with Crippen molar-refractivity contribution in [3.63, 3.8) is 0 Å². The molecule has 3 aliphatic carbocycles. The van der Waals surface area contributed by atoms with Crippen LogP contribution in [0.25, 0.3) is 197 Å². The number of rotatable bonds is 6. The van der Waals surface area contributed by atoms with Gasteiger partial charge in [0.1, 0.15) is 11.2 Å². The summed E-state index contributed by atoms with van der Waals surface area (Å²) in [5.74, 6) is 0. The summed E-state index contributed by atoms with van der Waals surface area (Å²) in [4.78, 5) is 0. The van der Waals surface area contributed by atoms with E-state index in [0.717, 1.165) is 16.6 Å². The van der Waals surface area contributed by atoms with Gasteiger partial charge in [-0.05, 0) is 233 Å². The summed E-state index contributed by atoms with van der Waals surface area (Å²) in [6.45, 7) is 14.3. The Hall–Kier alpha value is -13.2. The lowest BCUT2D eigenvalue weighted by Gasteiger charge is -2.23. The zero-order valence-corrected chi connectivity index (χ0v) is 62.4. The van der Waals surface area contributed by atoms with Gasteiger partial charge in [-0.1, -0.05) is 369 Å². The van der Waals surface area contributed by atoms with Gasteiger partial charge in [-0.15, -0.1) is 0 Å². The summed E-state index contributed by atoms with van der Waals surface area (Å²) in [7, 11) is 0. The molecule has 518 valence electrons. The van der Waals surface area contributed by atoms with Gasteiger partial charge in [0.2, 0.25) is 0 Å². The van der Waals surface area contributed by atoms with Crippen LogP contribution >= 0.6 is 0 Å². The average Bonchev–Trinajstić information content (AvgIpc) is 1.56. The Morgan fingerprint density at radius 1 is 0.182 bits per heavy atom. The molecule has 20 aromatic rings. The maximum absolute atomic E-state index is 6.41. The first-order valence-corrected chi connectivity index (χ1v) is 38.9. The van der Waals surface area contributed by atoms with E-state index in [0.29, 0.717) is 0 Å². The van der Waals surface area contributed by atoms with Crippen LogP contribution in [0.1, 0.15) is 74.9 Å². The van der Waals surface area contributed by atoms with Crippen molar-refractivity contribution < 1.29 is 4.42 Å². The zero-order chi connectivity index (χ0) is 73.5. The van der Waals surface area contributed by atoms with Crippen molar-refractivity contribution in [3.05, 3.63) is 385 Å². The number of hydrogen-bond acceptors (Lipinski definition) is 1. The van der Waals surface area contributed by atoms with Crippen LogP contribution in [0.15, 0.2) is 356 Å². The van der Waals surface area contributed by atoms with Crippen LogP contribution in [-0.4, -0.2) is 0 Å². The largest absolute Gasteiger partial charge is 0.456 e. The van der Waals surface area contributed by atoms with E-state index in [1.54, 1.807) is 0 Å². The molecule has 0 saturated heterocycles. The molecule has 1 nitrogen and oxygen atoms in total. The quantitative estimate of drug-likeness (QED) is 0.151. The molecule has 19 aromatic carbocycles. The van der Waals surface area contributed by atoms with E-state index < -0.39 is 0 Å². The van der Waals surface area contributed by atoms with E-state index in [1.807, 2.05) is 0 Å². The summed E-state index contributed by atoms with van der Waals surface area (Å²) < 4.78 is 6.41. The van der Waals surface area contributed by atoms with Crippen LogP contribution in [0, 0.1) is 0 Å². The minimum Gasteiger partial charge on any atom is -0.456 e. The smallest absolute Gasteiger partial charge is 0.136 e. The lowest BCUT2D eigenvalue weighted by molar-refractivity contribution is 0.660. The molecular weight excluding hydrogens is 1330 g/mol. The molecule has 0 aliphatic heterocycles. The fraction of sp³-hybridized carbons (Fsp3) is 0.0826. The molecule has 3 aliphatic rings. The van der Waals surface area contributed by atoms with Gasteiger partial charge >= 0.3 is 0 Å². The molecule has 0 amide bonds. The minimum atomic E-state index is -0.0932. The monoisotopic (exact) mass is 1400 g/mol. The Kier molecular flexibility index (Phi) is 13.9. The van der Waals surface area contributed by atoms with Crippen LogP contribution in [0.5, 0.6) is 0 Å². The first-order valence-electron chi connectivity index (χ1n) is 38.9. The summed E-state index contributed by atoms with van der Waals surface area (Å²) in [5, 5.41) is 20.2. The Morgan fingerprint density at radius 2 is 0.500 bits per heavy atom. The van der Waals surface area contributed by atoms with Gasteiger partial charge in [0.25, 0.3) is 0 Å². The molecule has 1 heteroatoms. The van der Waals surface area contributed by atoms with Crippen LogP contribution in [-0.2, 0) is 16.2 Å². The predicted molar refractivity (Wildman–Crippen MR) is 468 cm³/mol. The summed E-state index contributed by atoms with van der Waals surface area (Å²) in [6.07, 6.45) is 0. The number of hydrogen-bond donors (Lipinski definition) is 0. The van der Waals surface area contributed by atoms with Crippen LogP contribution in [0.4, 0.5) is 0 Å². The van der Waals surface area contributed by atoms with E-state index >= 15 is 0 Å². The fourth-order valence-electron chi connectivity index (χ4n) is 20.5. The molecule has 0 atom stereocenters. The molecule has 0 bridgehead atoms. The third kappa shape index (κ3) is 9.28. The molecule has 1 heterocycles. The average molecular weight is 1400 g/mol. The van der Waals surface area contributed by atoms with Crippen molar-refractivity contribution in [3.8, 4) is 100 Å².